The van der Waals surface area contributed by atoms with Crippen LogP contribution in [0, 0.1) is 6.92 Å². The van der Waals surface area contributed by atoms with E-state index in [1.807, 2.05) is 24.0 Å². The number of likely N-dealkylation sites (tertiary alicyclic amines) is 1. The van der Waals surface area contributed by atoms with Gasteiger partial charge in [-0.15, -0.1) is 0 Å². The van der Waals surface area contributed by atoms with Gasteiger partial charge in [0.15, 0.2) is 0 Å². The summed E-state index contributed by atoms with van der Waals surface area (Å²) >= 11 is 6.08. The molecule has 1 N–H and O–H groups in total. The molecule has 138 valence electrons. The second-order valence-electron chi connectivity index (χ2n) is 6.43. The van der Waals surface area contributed by atoms with Gasteiger partial charge in [-0.2, -0.15) is 4.98 Å². The first-order valence-corrected chi connectivity index (χ1v) is 8.85. The molecule has 9 heteroatoms. The number of hydrogen-bond acceptors (Lipinski definition) is 7. The lowest BCUT2D eigenvalue weighted by Gasteiger charge is -2.36. The first kappa shape index (κ1) is 17.6. The Bertz CT molecular complexity index is 955. The maximum atomic E-state index is 12.2. The first-order valence-electron chi connectivity index (χ1n) is 8.48. The van der Waals surface area contributed by atoms with Crippen LogP contribution in [-0.4, -0.2) is 50.5 Å². The molecule has 0 saturated carbocycles. The Morgan fingerprint density at radius 2 is 2.07 bits per heavy atom. The highest BCUT2D eigenvalue weighted by atomic mass is 35.5. The molecule has 3 aromatic rings. The minimum absolute atomic E-state index is 0.0859. The third kappa shape index (κ3) is 3.96. The van der Waals surface area contributed by atoms with Crippen LogP contribution in [0.25, 0.3) is 11.6 Å². The number of halogens is 1. The number of amides is 1. The summed E-state index contributed by atoms with van der Waals surface area (Å²) in [6.07, 6.45) is 3.26. The monoisotopic (exact) mass is 384 g/mol. The maximum absolute atomic E-state index is 12.2. The summed E-state index contributed by atoms with van der Waals surface area (Å²) in [6.45, 7) is 3.57. The molecule has 1 aliphatic heterocycles. The molecule has 2 aromatic heterocycles. The molecule has 1 aliphatic rings. The largest absolute Gasteiger partial charge is 0.338 e. The predicted octanol–water partition coefficient (Wildman–Crippen LogP) is 2.53. The van der Waals surface area contributed by atoms with E-state index in [2.05, 4.69) is 25.4 Å². The van der Waals surface area contributed by atoms with Gasteiger partial charge in [0, 0.05) is 36.2 Å². The molecule has 1 amide bonds. The zero-order valence-corrected chi connectivity index (χ0v) is 15.3. The van der Waals surface area contributed by atoms with Crippen molar-refractivity contribution < 1.29 is 9.32 Å². The van der Waals surface area contributed by atoms with Crippen LogP contribution in [0.3, 0.4) is 0 Å². The Balaban J connectivity index is 1.29. The Hall–Kier alpha value is -2.84. The molecule has 1 fully saturated rings. The number of carbonyl (C=O) groups is 1. The number of nitrogens with one attached hydrogen (secondary N) is 1. The fourth-order valence-corrected chi connectivity index (χ4v) is 3.02. The molecular formula is C18H17ClN6O2. The molecule has 27 heavy (non-hydrogen) atoms. The summed E-state index contributed by atoms with van der Waals surface area (Å²) in [6, 6.07) is 7.19. The number of carbonyl (C=O) groups excluding carboxylic acids is 1. The second kappa shape index (κ2) is 7.42. The smallest absolute Gasteiger partial charge is 0.240 e. The lowest BCUT2D eigenvalue weighted by molar-refractivity contribution is -0.118. The van der Waals surface area contributed by atoms with Crippen LogP contribution in [-0.2, 0) is 4.79 Å². The Morgan fingerprint density at radius 3 is 2.81 bits per heavy atom. The molecule has 0 aliphatic carbocycles. The van der Waals surface area contributed by atoms with Crippen molar-refractivity contribution in [2.24, 2.45) is 0 Å². The van der Waals surface area contributed by atoms with Gasteiger partial charge in [0.2, 0.25) is 23.4 Å². The van der Waals surface area contributed by atoms with E-state index in [9.17, 15) is 4.79 Å². The van der Waals surface area contributed by atoms with E-state index in [4.69, 9.17) is 16.1 Å². The predicted molar refractivity (Wildman–Crippen MR) is 99.3 cm³/mol. The quantitative estimate of drug-likeness (QED) is 0.721. The lowest BCUT2D eigenvalue weighted by atomic mass is 10.0. The van der Waals surface area contributed by atoms with Gasteiger partial charge in [0.05, 0.1) is 12.5 Å². The van der Waals surface area contributed by atoms with Gasteiger partial charge < -0.3 is 9.84 Å². The van der Waals surface area contributed by atoms with Crippen molar-refractivity contribution in [1.82, 2.24) is 25.0 Å². The van der Waals surface area contributed by atoms with Crippen LogP contribution >= 0.6 is 11.6 Å². The van der Waals surface area contributed by atoms with E-state index in [0.717, 1.165) is 5.56 Å². The summed E-state index contributed by atoms with van der Waals surface area (Å²) in [5.41, 5.74) is 1.66. The topological polar surface area (TPSA) is 97.0 Å². The number of aromatic nitrogens is 4. The van der Waals surface area contributed by atoms with Crippen molar-refractivity contribution in [3.05, 3.63) is 53.1 Å². The van der Waals surface area contributed by atoms with Gasteiger partial charge in [-0.3, -0.25) is 9.69 Å². The lowest BCUT2D eigenvalue weighted by Crippen LogP contribution is -2.48. The van der Waals surface area contributed by atoms with Crippen molar-refractivity contribution in [2.75, 3.05) is 25.0 Å². The number of hydrogen-bond donors (Lipinski definition) is 1. The van der Waals surface area contributed by atoms with Gasteiger partial charge in [-0.25, -0.2) is 9.97 Å². The summed E-state index contributed by atoms with van der Waals surface area (Å²) in [5.74, 6) is 1.37. The summed E-state index contributed by atoms with van der Waals surface area (Å²) in [4.78, 5) is 26.8. The minimum Gasteiger partial charge on any atom is -0.338 e. The van der Waals surface area contributed by atoms with Crippen LogP contribution < -0.4 is 5.32 Å². The van der Waals surface area contributed by atoms with E-state index in [0.29, 0.717) is 47.9 Å². The van der Waals surface area contributed by atoms with E-state index in [-0.39, 0.29) is 11.8 Å². The molecule has 8 nitrogen and oxygen atoms in total. The maximum Gasteiger partial charge on any atom is 0.240 e. The van der Waals surface area contributed by atoms with Gasteiger partial charge in [0.1, 0.15) is 0 Å². The summed E-state index contributed by atoms with van der Waals surface area (Å²) < 4.78 is 5.31. The fraction of sp³-hybridized carbons (Fsp3) is 0.278. The number of anilines is 1. The molecule has 0 spiro atoms. The molecule has 1 aromatic carbocycles. The van der Waals surface area contributed by atoms with E-state index < -0.39 is 0 Å². The first-order chi connectivity index (χ1) is 13.1. The number of nitrogens with zero attached hydrogens (tertiary/aromatic N) is 5. The van der Waals surface area contributed by atoms with E-state index in [1.165, 1.54) is 0 Å². The highest BCUT2D eigenvalue weighted by molar-refractivity contribution is 6.31. The van der Waals surface area contributed by atoms with Gasteiger partial charge in [-0.05, 0) is 30.7 Å². The molecule has 3 heterocycles. The van der Waals surface area contributed by atoms with Gasteiger partial charge in [-0.1, -0.05) is 22.8 Å². The van der Waals surface area contributed by atoms with Crippen molar-refractivity contribution in [2.45, 2.75) is 12.8 Å². The highest BCUT2D eigenvalue weighted by Crippen LogP contribution is 2.27. The third-order valence-corrected chi connectivity index (χ3v) is 4.74. The molecule has 1 saturated heterocycles. The summed E-state index contributed by atoms with van der Waals surface area (Å²) in [7, 11) is 0. The van der Waals surface area contributed by atoms with Crippen LogP contribution in [0.2, 0.25) is 5.02 Å². The number of rotatable bonds is 5. The molecule has 0 radical (unpaired) electrons. The van der Waals surface area contributed by atoms with Crippen molar-refractivity contribution in [3.63, 3.8) is 0 Å². The van der Waals surface area contributed by atoms with Crippen LogP contribution in [0.5, 0.6) is 0 Å². The average molecular weight is 385 g/mol. The van der Waals surface area contributed by atoms with Crippen molar-refractivity contribution >= 4 is 23.2 Å². The van der Waals surface area contributed by atoms with Crippen LogP contribution in [0.1, 0.15) is 17.4 Å². The Labute approximate surface area is 160 Å². The number of aryl methyl sites for hydroxylation is 1. The average Bonchev–Trinajstić information content (AvgIpc) is 3.11. The molecular weight excluding hydrogens is 368 g/mol. The third-order valence-electron chi connectivity index (χ3n) is 4.34. The molecule has 0 bridgehead atoms. The minimum atomic E-state index is -0.0859. The second-order valence-corrected chi connectivity index (χ2v) is 6.84. The highest BCUT2D eigenvalue weighted by Gasteiger charge is 2.33. The molecule has 4 rings (SSSR count). The SMILES string of the molecule is Cc1ccc(NC(=O)CN2CC(c3nc(-c4ncccn4)no3)C2)cc1Cl. The van der Waals surface area contributed by atoms with Crippen LogP contribution in [0.15, 0.2) is 41.2 Å². The Morgan fingerprint density at radius 1 is 1.30 bits per heavy atom. The molecule has 0 atom stereocenters. The van der Waals surface area contributed by atoms with Crippen molar-refractivity contribution in [3.8, 4) is 11.6 Å². The Kier molecular flexibility index (Phi) is 4.83. The number of benzene rings is 1. The fourth-order valence-electron chi connectivity index (χ4n) is 2.84. The zero-order chi connectivity index (χ0) is 18.8. The van der Waals surface area contributed by atoms with E-state index >= 15 is 0 Å². The van der Waals surface area contributed by atoms with Crippen LogP contribution in [0.4, 0.5) is 5.69 Å². The van der Waals surface area contributed by atoms with Gasteiger partial charge in [0.25, 0.3) is 0 Å². The van der Waals surface area contributed by atoms with E-state index in [1.54, 1.807) is 24.5 Å². The standard InChI is InChI=1S/C18H17ClN6O2/c1-11-3-4-13(7-14(11)19)22-15(26)10-25-8-12(9-25)18-23-17(24-27-18)16-20-5-2-6-21-16/h2-7,12H,8-10H2,1H3,(H,22,26). The molecule has 0 unspecified atom stereocenters. The van der Waals surface area contributed by atoms with Gasteiger partial charge >= 0.3 is 0 Å². The normalized spacial score (nSPS) is 14.7. The van der Waals surface area contributed by atoms with Crippen molar-refractivity contribution in [1.29, 1.82) is 0 Å². The summed E-state index contributed by atoms with van der Waals surface area (Å²) in [5, 5.41) is 7.41. The zero-order valence-electron chi connectivity index (χ0n) is 14.6.